The third kappa shape index (κ3) is 2.37. The number of hydrogen-bond donors (Lipinski definition) is 0. The average Bonchev–Trinajstić information content (AvgIpc) is 2.77. The van der Waals surface area contributed by atoms with Crippen LogP contribution in [0.15, 0.2) is 53.7 Å². The molecule has 1 aromatic carbocycles. The zero-order valence-electron chi connectivity index (χ0n) is 10.8. The minimum atomic E-state index is -1.13. The van der Waals surface area contributed by atoms with Crippen molar-refractivity contribution in [2.45, 2.75) is 12.3 Å². The molecule has 0 N–H and O–H groups in total. The van der Waals surface area contributed by atoms with Crippen molar-refractivity contribution in [3.63, 3.8) is 0 Å². The van der Waals surface area contributed by atoms with Gasteiger partial charge in [0.1, 0.15) is 5.37 Å². The van der Waals surface area contributed by atoms with Crippen molar-refractivity contribution in [1.29, 1.82) is 0 Å². The van der Waals surface area contributed by atoms with E-state index < -0.39 is 10.8 Å². The lowest BCUT2D eigenvalue weighted by atomic mass is 10.2. The number of nitrogens with zero attached hydrogens (tertiary/aromatic N) is 2. The maximum absolute atomic E-state index is 12.5. The number of benzene rings is 1. The summed E-state index contributed by atoms with van der Waals surface area (Å²) in [7, 11) is -1.13. The molecule has 102 valence electrons. The van der Waals surface area contributed by atoms with Gasteiger partial charge in [0, 0.05) is 23.0 Å². The van der Waals surface area contributed by atoms with E-state index in [1.54, 1.807) is 12.4 Å². The van der Waals surface area contributed by atoms with E-state index >= 15 is 0 Å². The van der Waals surface area contributed by atoms with E-state index in [1.807, 2.05) is 48.2 Å². The summed E-state index contributed by atoms with van der Waals surface area (Å²) in [5.41, 5.74) is 1.82. The second-order valence-electron chi connectivity index (χ2n) is 4.45. The predicted octanol–water partition coefficient (Wildman–Crippen LogP) is 3.67. The number of pyridine rings is 1. The smallest absolute Gasteiger partial charge is 0.108 e. The van der Waals surface area contributed by atoms with Gasteiger partial charge in [0.15, 0.2) is 0 Å². The van der Waals surface area contributed by atoms with Gasteiger partial charge in [0.25, 0.3) is 0 Å². The molecule has 1 aliphatic heterocycles. The Hall–Kier alpha value is -1.65. The molecule has 0 bridgehead atoms. The quantitative estimate of drug-likeness (QED) is 0.794. The Labute approximate surface area is 125 Å². The highest BCUT2D eigenvalue weighted by molar-refractivity contribution is 7.89. The van der Waals surface area contributed by atoms with Crippen LogP contribution in [-0.4, -0.2) is 9.19 Å². The number of rotatable bonds is 2. The van der Waals surface area contributed by atoms with E-state index in [-0.39, 0.29) is 5.37 Å². The second-order valence-corrected chi connectivity index (χ2v) is 6.54. The molecule has 0 saturated carbocycles. The van der Waals surface area contributed by atoms with E-state index in [0.29, 0.717) is 5.02 Å². The summed E-state index contributed by atoms with van der Waals surface area (Å²) >= 11 is 5.91. The SMILES string of the molecule is CC1=[C-]N(c2ccc(Cl)cc2)C(c2cccnc2)S1=O. The van der Waals surface area contributed by atoms with E-state index in [9.17, 15) is 4.21 Å². The van der Waals surface area contributed by atoms with E-state index in [4.69, 9.17) is 11.6 Å². The standard InChI is InChI=1S/C15H12ClN2OS/c1-11-10-18(14-6-4-13(16)5-7-14)15(20(11)19)12-3-2-8-17-9-12/h2-9,15H,1H3/q-1. The van der Waals surface area contributed by atoms with Gasteiger partial charge in [-0.05, 0) is 13.0 Å². The van der Waals surface area contributed by atoms with Gasteiger partial charge in [-0.25, -0.2) is 0 Å². The van der Waals surface area contributed by atoms with E-state index in [0.717, 1.165) is 16.2 Å². The van der Waals surface area contributed by atoms with Gasteiger partial charge in [-0.2, -0.15) is 6.20 Å². The monoisotopic (exact) mass is 303 g/mol. The highest BCUT2D eigenvalue weighted by Gasteiger charge is 2.26. The van der Waals surface area contributed by atoms with Crippen molar-refractivity contribution in [2.24, 2.45) is 0 Å². The molecule has 3 nitrogen and oxygen atoms in total. The molecule has 0 saturated heterocycles. The van der Waals surface area contributed by atoms with Gasteiger partial charge < -0.3 is 4.90 Å². The number of allylic oxidation sites excluding steroid dienone is 1. The van der Waals surface area contributed by atoms with Gasteiger partial charge in [0.05, 0.1) is 10.8 Å². The fourth-order valence-corrected chi connectivity index (χ4v) is 3.53. The molecule has 5 heteroatoms. The number of hydrogen-bond acceptors (Lipinski definition) is 3. The van der Waals surface area contributed by atoms with Gasteiger partial charge >= 0.3 is 0 Å². The van der Waals surface area contributed by atoms with Gasteiger partial charge in [-0.15, -0.1) is 17.8 Å². The van der Waals surface area contributed by atoms with Crippen LogP contribution < -0.4 is 4.90 Å². The van der Waals surface area contributed by atoms with E-state index in [2.05, 4.69) is 11.2 Å². The van der Waals surface area contributed by atoms with Crippen molar-refractivity contribution >= 4 is 28.1 Å². The lowest BCUT2D eigenvalue weighted by molar-refractivity contribution is 0.679. The molecule has 2 atom stereocenters. The minimum Gasteiger partial charge on any atom is -0.494 e. The summed E-state index contributed by atoms with van der Waals surface area (Å²) < 4.78 is 12.5. The van der Waals surface area contributed by atoms with Gasteiger partial charge in [-0.1, -0.05) is 34.7 Å². The molecular formula is C15H12ClN2OS-. The van der Waals surface area contributed by atoms with Crippen LogP contribution in [0.25, 0.3) is 0 Å². The molecule has 1 aromatic heterocycles. The minimum absolute atomic E-state index is 0.287. The fourth-order valence-electron chi connectivity index (χ4n) is 2.13. The molecule has 1 aliphatic rings. The van der Waals surface area contributed by atoms with Crippen LogP contribution in [-0.2, 0) is 10.8 Å². The highest BCUT2D eigenvalue weighted by atomic mass is 35.5. The first kappa shape index (κ1) is 13.3. The maximum atomic E-state index is 12.5. The summed E-state index contributed by atoms with van der Waals surface area (Å²) in [5, 5.41) is 0.387. The number of anilines is 1. The summed E-state index contributed by atoms with van der Waals surface area (Å²) in [4.78, 5) is 6.73. The first-order valence-electron chi connectivity index (χ1n) is 6.12. The second kappa shape index (κ2) is 5.38. The maximum Gasteiger partial charge on any atom is 0.108 e. The first-order valence-corrected chi connectivity index (χ1v) is 7.71. The lowest BCUT2D eigenvalue weighted by Gasteiger charge is -2.34. The topological polar surface area (TPSA) is 33.2 Å². The molecule has 0 radical (unpaired) electrons. The Morgan fingerprint density at radius 3 is 2.70 bits per heavy atom. The van der Waals surface area contributed by atoms with E-state index in [1.165, 1.54) is 0 Å². The molecule has 0 spiro atoms. The van der Waals surface area contributed by atoms with Crippen LogP contribution >= 0.6 is 11.6 Å². The average molecular weight is 304 g/mol. The molecule has 0 amide bonds. The summed E-state index contributed by atoms with van der Waals surface area (Å²) in [6, 6.07) is 11.2. The predicted molar refractivity (Wildman–Crippen MR) is 81.5 cm³/mol. The summed E-state index contributed by atoms with van der Waals surface area (Å²) in [6.45, 7) is 1.83. The van der Waals surface area contributed by atoms with Crippen LogP contribution in [0.5, 0.6) is 0 Å². The Kier molecular flexibility index (Phi) is 3.59. The Bertz CT molecular complexity index is 670. The molecule has 0 aliphatic carbocycles. The molecule has 2 heterocycles. The van der Waals surface area contributed by atoms with Crippen LogP contribution in [0.3, 0.4) is 0 Å². The molecular weight excluding hydrogens is 292 g/mol. The third-order valence-electron chi connectivity index (χ3n) is 3.09. The van der Waals surface area contributed by atoms with Crippen molar-refractivity contribution in [2.75, 3.05) is 4.90 Å². The normalized spacial score (nSPS) is 21.9. The molecule has 0 fully saturated rings. The molecule has 2 unspecified atom stereocenters. The lowest BCUT2D eigenvalue weighted by Crippen LogP contribution is -2.21. The molecule has 2 aromatic rings. The number of halogens is 1. The zero-order valence-corrected chi connectivity index (χ0v) is 12.4. The Balaban J connectivity index is 2.03. The summed E-state index contributed by atoms with van der Waals surface area (Å²) in [6.07, 6.45) is 6.62. The number of aromatic nitrogens is 1. The Morgan fingerprint density at radius 1 is 1.30 bits per heavy atom. The fraction of sp³-hybridized carbons (Fsp3) is 0.133. The largest absolute Gasteiger partial charge is 0.494 e. The van der Waals surface area contributed by atoms with Crippen molar-refractivity contribution in [1.82, 2.24) is 4.98 Å². The van der Waals surface area contributed by atoms with Crippen molar-refractivity contribution < 1.29 is 4.21 Å². The third-order valence-corrected chi connectivity index (χ3v) is 4.93. The first-order chi connectivity index (χ1) is 9.66. The van der Waals surface area contributed by atoms with Crippen LogP contribution in [0.1, 0.15) is 17.9 Å². The van der Waals surface area contributed by atoms with Crippen LogP contribution in [0, 0.1) is 6.20 Å². The van der Waals surface area contributed by atoms with Crippen LogP contribution in [0.4, 0.5) is 5.69 Å². The van der Waals surface area contributed by atoms with Crippen molar-refractivity contribution in [3.8, 4) is 0 Å². The zero-order chi connectivity index (χ0) is 14.1. The molecule has 3 rings (SSSR count). The summed E-state index contributed by atoms with van der Waals surface area (Å²) in [5.74, 6) is 0. The van der Waals surface area contributed by atoms with Gasteiger partial charge in [-0.3, -0.25) is 9.19 Å². The highest BCUT2D eigenvalue weighted by Crippen LogP contribution is 2.37. The van der Waals surface area contributed by atoms with Crippen LogP contribution in [0.2, 0.25) is 5.02 Å². The van der Waals surface area contributed by atoms with Gasteiger partial charge in [0.2, 0.25) is 0 Å². The molecule has 20 heavy (non-hydrogen) atoms. The van der Waals surface area contributed by atoms with Crippen molar-refractivity contribution in [3.05, 3.63) is 70.5 Å². The Morgan fingerprint density at radius 2 is 2.05 bits per heavy atom.